The lowest BCUT2D eigenvalue weighted by Gasteiger charge is -2.12. The van der Waals surface area contributed by atoms with Crippen LogP contribution in [0.1, 0.15) is 25.1 Å². The fourth-order valence-electron chi connectivity index (χ4n) is 2.49. The van der Waals surface area contributed by atoms with Gasteiger partial charge in [0.05, 0.1) is 24.4 Å². The highest BCUT2D eigenvalue weighted by atomic mass is 16.5. The van der Waals surface area contributed by atoms with Gasteiger partial charge < -0.3 is 9.47 Å². The van der Waals surface area contributed by atoms with Crippen LogP contribution in [0.15, 0.2) is 48.8 Å². The van der Waals surface area contributed by atoms with Gasteiger partial charge in [0.15, 0.2) is 11.5 Å². The van der Waals surface area contributed by atoms with E-state index in [9.17, 15) is 0 Å². The molecule has 2 aromatic carbocycles. The van der Waals surface area contributed by atoms with E-state index in [2.05, 4.69) is 22.1 Å². The molecule has 24 heavy (non-hydrogen) atoms. The normalized spacial score (nSPS) is 11.1. The first kappa shape index (κ1) is 16.0. The van der Waals surface area contributed by atoms with Crippen LogP contribution in [-0.4, -0.2) is 23.2 Å². The third-order valence-corrected chi connectivity index (χ3v) is 3.56. The highest BCUT2D eigenvalue weighted by molar-refractivity contribution is 5.91. The molecule has 3 rings (SSSR count). The van der Waals surface area contributed by atoms with Gasteiger partial charge >= 0.3 is 0 Å². The van der Waals surface area contributed by atoms with Gasteiger partial charge in [-0.05, 0) is 31.6 Å². The Balaban J connectivity index is 2.05. The maximum absolute atomic E-state index is 5.71. The Morgan fingerprint density at radius 2 is 1.58 bits per heavy atom. The van der Waals surface area contributed by atoms with E-state index in [4.69, 9.17) is 9.47 Å². The maximum atomic E-state index is 5.71. The van der Waals surface area contributed by atoms with Crippen LogP contribution < -0.4 is 9.47 Å². The monoisotopic (exact) mass is 320 g/mol. The molecule has 0 saturated heterocycles. The second-order valence-corrected chi connectivity index (χ2v) is 5.19. The first-order valence-electron chi connectivity index (χ1n) is 8.09. The largest absolute Gasteiger partial charge is 0.490 e. The Morgan fingerprint density at radius 1 is 0.875 bits per heavy atom. The summed E-state index contributed by atoms with van der Waals surface area (Å²) < 4.78 is 11.4. The minimum atomic E-state index is 0.578. The summed E-state index contributed by atoms with van der Waals surface area (Å²) in [4.78, 5) is 8.76. The van der Waals surface area contributed by atoms with E-state index in [-0.39, 0.29) is 0 Å². The molecule has 4 nitrogen and oxygen atoms in total. The van der Waals surface area contributed by atoms with Crippen LogP contribution in [0.25, 0.3) is 23.1 Å². The lowest BCUT2D eigenvalue weighted by Crippen LogP contribution is -1.99. The van der Waals surface area contributed by atoms with Crippen LogP contribution >= 0.6 is 0 Å². The van der Waals surface area contributed by atoms with E-state index in [0.29, 0.717) is 19.0 Å². The van der Waals surface area contributed by atoms with Crippen molar-refractivity contribution in [2.75, 3.05) is 13.2 Å². The molecule has 0 aliphatic heterocycles. The molecule has 0 N–H and O–H groups in total. The minimum Gasteiger partial charge on any atom is -0.490 e. The maximum Gasteiger partial charge on any atom is 0.163 e. The Hall–Kier alpha value is -2.88. The van der Waals surface area contributed by atoms with Crippen LogP contribution in [0.4, 0.5) is 0 Å². The van der Waals surface area contributed by atoms with E-state index in [1.54, 1.807) is 6.33 Å². The van der Waals surface area contributed by atoms with Crippen molar-refractivity contribution in [1.29, 1.82) is 0 Å². The third-order valence-electron chi connectivity index (χ3n) is 3.56. The lowest BCUT2D eigenvalue weighted by atomic mass is 10.1. The highest BCUT2D eigenvalue weighted by Crippen LogP contribution is 2.33. The van der Waals surface area contributed by atoms with Crippen molar-refractivity contribution < 1.29 is 9.47 Å². The Kier molecular flexibility index (Phi) is 5.06. The molecule has 3 aromatic rings. The van der Waals surface area contributed by atoms with Gasteiger partial charge in [-0.15, -0.1) is 0 Å². The van der Waals surface area contributed by atoms with Crippen LogP contribution in [0.2, 0.25) is 0 Å². The molecule has 0 saturated carbocycles. The summed E-state index contributed by atoms with van der Waals surface area (Å²) in [6.07, 6.45) is 5.61. The molecule has 0 aliphatic rings. The Morgan fingerprint density at radius 3 is 2.29 bits per heavy atom. The first-order chi connectivity index (χ1) is 11.8. The van der Waals surface area contributed by atoms with E-state index >= 15 is 0 Å². The summed E-state index contributed by atoms with van der Waals surface area (Å²) in [6.45, 7) is 5.07. The fourth-order valence-corrected chi connectivity index (χ4v) is 2.49. The van der Waals surface area contributed by atoms with Gasteiger partial charge in [0.1, 0.15) is 6.33 Å². The van der Waals surface area contributed by atoms with Gasteiger partial charge in [-0.2, -0.15) is 0 Å². The molecule has 0 aliphatic carbocycles. The zero-order chi connectivity index (χ0) is 16.8. The van der Waals surface area contributed by atoms with Gasteiger partial charge in [-0.3, -0.25) is 0 Å². The van der Waals surface area contributed by atoms with Crippen LogP contribution in [0, 0.1) is 0 Å². The zero-order valence-electron chi connectivity index (χ0n) is 13.9. The Labute approximate surface area is 141 Å². The minimum absolute atomic E-state index is 0.578. The predicted octanol–water partition coefficient (Wildman–Crippen LogP) is 4.60. The average molecular weight is 320 g/mol. The van der Waals surface area contributed by atoms with Crippen LogP contribution in [0.3, 0.4) is 0 Å². The number of aromatic nitrogens is 2. The van der Waals surface area contributed by atoms with Crippen molar-refractivity contribution in [3.63, 3.8) is 0 Å². The van der Waals surface area contributed by atoms with Crippen molar-refractivity contribution in [3.05, 3.63) is 60.0 Å². The number of rotatable bonds is 6. The second-order valence-electron chi connectivity index (χ2n) is 5.19. The SMILES string of the molecule is CCOc1cc2ncnc(C=Cc3ccccc3)c2cc1OCC. The number of fused-ring (bicyclic) bond motifs is 1. The molecule has 0 unspecified atom stereocenters. The van der Waals surface area contributed by atoms with Crippen molar-refractivity contribution in [1.82, 2.24) is 9.97 Å². The molecule has 0 atom stereocenters. The van der Waals surface area contributed by atoms with E-state index in [0.717, 1.165) is 27.9 Å². The summed E-state index contributed by atoms with van der Waals surface area (Å²) >= 11 is 0. The second kappa shape index (κ2) is 7.59. The van der Waals surface area contributed by atoms with Crippen molar-refractivity contribution in [2.24, 2.45) is 0 Å². The molecule has 4 heteroatoms. The van der Waals surface area contributed by atoms with E-state index in [1.165, 1.54) is 0 Å². The lowest BCUT2D eigenvalue weighted by molar-refractivity contribution is 0.288. The van der Waals surface area contributed by atoms with Crippen LogP contribution in [-0.2, 0) is 0 Å². The molecule has 0 amide bonds. The molecule has 0 bridgehead atoms. The number of ether oxygens (including phenoxy) is 2. The third kappa shape index (κ3) is 3.54. The highest BCUT2D eigenvalue weighted by Gasteiger charge is 2.10. The molecule has 0 spiro atoms. The summed E-state index contributed by atoms with van der Waals surface area (Å²) in [5, 5.41) is 0.941. The fraction of sp³-hybridized carbons (Fsp3) is 0.200. The van der Waals surface area contributed by atoms with Crippen molar-refractivity contribution >= 4 is 23.1 Å². The van der Waals surface area contributed by atoms with E-state index in [1.807, 2.05) is 56.3 Å². The molecule has 1 heterocycles. The summed E-state index contributed by atoms with van der Waals surface area (Å²) in [6, 6.07) is 14.0. The first-order valence-corrected chi connectivity index (χ1v) is 8.09. The number of hydrogen-bond acceptors (Lipinski definition) is 4. The smallest absolute Gasteiger partial charge is 0.163 e. The van der Waals surface area contributed by atoms with E-state index < -0.39 is 0 Å². The number of hydrogen-bond donors (Lipinski definition) is 0. The van der Waals surface area contributed by atoms with Gasteiger partial charge in [-0.1, -0.05) is 36.4 Å². The summed E-state index contributed by atoms with van der Waals surface area (Å²) in [5.74, 6) is 1.43. The van der Waals surface area contributed by atoms with Gasteiger partial charge in [0, 0.05) is 11.5 Å². The van der Waals surface area contributed by atoms with Gasteiger partial charge in [-0.25, -0.2) is 9.97 Å². The standard InChI is InChI=1S/C20H20N2O2/c1-3-23-19-12-16-17(11-10-15-8-6-5-7-9-15)21-14-22-18(16)13-20(19)24-4-2/h5-14H,3-4H2,1-2H3. The summed E-state index contributed by atoms with van der Waals surface area (Å²) in [5.41, 5.74) is 2.82. The van der Waals surface area contributed by atoms with Crippen LogP contribution in [0.5, 0.6) is 11.5 Å². The van der Waals surface area contributed by atoms with Gasteiger partial charge in [0.2, 0.25) is 0 Å². The number of nitrogens with zero attached hydrogens (tertiary/aromatic N) is 2. The van der Waals surface area contributed by atoms with Gasteiger partial charge in [0.25, 0.3) is 0 Å². The number of benzene rings is 2. The molecular formula is C20H20N2O2. The Bertz CT molecular complexity index is 845. The zero-order valence-corrected chi connectivity index (χ0v) is 13.9. The van der Waals surface area contributed by atoms with Crippen molar-refractivity contribution in [3.8, 4) is 11.5 Å². The molecule has 1 aromatic heterocycles. The molecule has 0 fully saturated rings. The predicted molar refractivity (Wildman–Crippen MR) is 97.2 cm³/mol. The molecule has 0 radical (unpaired) electrons. The summed E-state index contributed by atoms with van der Waals surface area (Å²) in [7, 11) is 0. The topological polar surface area (TPSA) is 44.2 Å². The quantitative estimate of drug-likeness (QED) is 0.666. The molecular weight excluding hydrogens is 300 g/mol. The average Bonchev–Trinajstić information content (AvgIpc) is 2.62. The van der Waals surface area contributed by atoms with Crippen molar-refractivity contribution in [2.45, 2.75) is 13.8 Å². The molecule has 122 valence electrons.